The molecule has 0 aliphatic carbocycles. The number of hydrogen-bond acceptors (Lipinski definition) is 4. The topological polar surface area (TPSA) is 118 Å². The third-order valence-electron chi connectivity index (χ3n) is 3.80. The van der Waals surface area contributed by atoms with Gasteiger partial charge in [-0.2, -0.15) is 0 Å². The molecule has 0 bridgehead atoms. The average Bonchev–Trinajstić information content (AvgIpc) is 2.69. The number of nitrogens with two attached hydrogens (primary N) is 1. The zero-order valence-electron chi connectivity index (χ0n) is 17.3. The molecule has 0 saturated heterocycles. The maximum Gasteiger partial charge on any atom is 0.251 e. The van der Waals surface area contributed by atoms with E-state index in [1.165, 1.54) is 0 Å². The van der Waals surface area contributed by atoms with Crippen molar-refractivity contribution in [2.45, 2.75) is 39.7 Å². The number of unbranched alkanes of at least 4 members (excludes halogenated alkanes) is 1. The summed E-state index contributed by atoms with van der Waals surface area (Å²) in [6, 6.07) is 7.09. The highest BCUT2D eigenvalue weighted by atomic mass is 127. The van der Waals surface area contributed by atoms with E-state index in [1.807, 2.05) is 19.1 Å². The van der Waals surface area contributed by atoms with Crippen molar-refractivity contribution in [2.75, 3.05) is 32.8 Å². The Hall–Kier alpha value is -1.88. The number of guanidine groups is 1. The van der Waals surface area contributed by atoms with Gasteiger partial charge >= 0.3 is 0 Å². The van der Waals surface area contributed by atoms with Crippen LogP contribution in [0.5, 0.6) is 0 Å². The molecule has 0 aromatic heterocycles. The number of carbonyl (C=O) groups is 2. The van der Waals surface area contributed by atoms with Crippen molar-refractivity contribution in [3.8, 4) is 0 Å². The number of benzene rings is 1. The summed E-state index contributed by atoms with van der Waals surface area (Å²) in [5.41, 5.74) is 6.47. The Morgan fingerprint density at radius 3 is 2.34 bits per heavy atom. The lowest BCUT2D eigenvalue weighted by Gasteiger charge is -2.11. The second-order valence-electron chi connectivity index (χ2n) is 6.29. The van der Waals surface area contributed by atoms with Gasteiger partial charge in [0.2, 0.25) is 5.91 Å². The van der Waals surface area contributed by atoms with Gasteiger partial charge < -0.3 is 26.4 Å². The van der Waals surface area contributed by atoms with E-state index in [0.717, 1.165) is 57.1 Å². The van der Waals surface area contributed by atoms with Crippen LogP contribution in [-0.4, -0.2) is 50.6 Å². The minimum Gasteiger partial charge on any atom is -0.381 e. The molecule has 0 unspecified atom stereocenters. The van der Waals surface area contributed by atoms with Crippen LogP contribution in [0.4, 0.5) is 0 Å². The fourth-order valence-electron chi connectivity index (χ4n) is 2.27. The van der Waals surface area contributed by atoms with Crippen molar-refractivity contribution in [1.29, 1.82) is 0 Å². The number of carbonyl (C=O) groups excluding carboxylic acids is 2. The summed E-state index contributed by atoms with van der Waals surface area (Å²) in [6.45, 7) is 7.61. The maximum absolute atomic E-state index is 11.9. The molecule has 0 atom stereocenters. The quantitative estimate of drug-likeness (QED) is 0.137. The summed E-state index contributed by atoms with van der Waals surface area (Å²) in [6.07, 6.45) is 3.17. The normalized spacial score (nSPS) is 10.8. The number of aliphatic imine (C=N–C) groups is 1. The standard InChI is InChI=1S/C20H33N5O3.HI/c1-3-5-12-28-13-6-11-23-20(22-4-2)25-14-16-7-9-17(10-8-16)19(27)24-15-18(21)26;/h7-10H,3-6,11-15H2,1-2H3,(H2,21,26)(H,24,27)(H2,22,23,25);1H. The van der Waals surface area contributed by atoms with Gasteiger partial charge in [0.1, 0.15) is 0 Å². The van der Waals surface area contributed by atoms with E-state index in [9.17, 15) is 9.59 Å². The number of ether oxygens (including phenoxy) is 1. The van der Waals surface area contributed by atoms with Crippen LogP contribution < -0.4 is 21.7 Å². The minimum atomic E-state index is -0.574. The Labute approximate surface area is 190 Å². The molecule has 0 saturated carbocycles. The van der Waals surface area contributed by atoms with Crippen LogP contribution in [0.25, 0.3) is 0 Å². The molecule has 0 fully saturated rings. The summed E-state index contributed by atoms with van der Waals surface area (Å²) in [5.74, 6) is -0.153. The largest absolute Gasteiger partial charge is 0.381 e. The van der Waals surface area contributed by atoms with Crippen LogP contribution >= 0.6 is 24.0 Å². The number of nitrogens with one attached hydrogen (secondary N) is 3. The van der Waals surface area contributed by atoms with Gasteiger partial charge in [0, 0.05) is 31.9 Å². The average molecular weight is 519 g/mol. The molecule has 2 amide bonds. The van der Waals surface area contributed by atoms with Gasteiger partial charge in [-0.1, -0.05) is 25.5 Å². The summed E-state index contributed by atoms with van der Waals surface area (Å²) >= 11 is 0. The molecule has 164 valence electrons. The maximum atomic E-state index is 11.9. The molecule has 29 heavy (non-hydrogen) atoms. The van der Waals surface area contributed by atoms with Crippen LogP contribution in [-0.2, 0) is 16.1 Å². The first-order valence-corrected chi connectivity index (χ1v) is 9.82. The highest BCUT2D eigenvalue weighted by Gasteiger charge is 2.06. The summed E-state index contributed by atoms with van der Waals surface area (Å²) in [7, 11) is 0. The number of hydrogen-bond donors (Lipinski definition) is 4. The van der Waals surface area contributed by atoms with Crippen molar-refractivity contribution >= 4 is 41.8 Å². The van der Waals surface area contributed by atoms with Crippen molar-refractivity contribution < 1.29 is 14.3 Å². The third-order valence-corrected chi connectivity index (χ3v) is 3.80. The lowest BCUT2D eigenvalue weighted by molar-refractivity contribution is -0.117. The molecule has 5 N–H and O–H groups in total. The molecule has 0 heterocycles. The van der Waals surface area contributed by atoms with E-state index < -0.39 is 5.91 Å². The smallest absolute Gasteiger partial charge is 0.251 e. The first kappa shape index (κ1) is 27.1. The van der Waals surface area contributed by atoms with Crippen molar-refractivity contribution in [3.05, 3.63) is 35.4 Å². The lowest BCUT2D eigenvalue weighted by atomic mass is 10.1. The van der Waals surface area contributed by atoms with E-state index in [1.54, 1.807) is 12.1 Å². The summed E-state index contributed by atoms with van der Waals surface area (Å²) in [5, 5.41) is 8.96. The molecule has 1 aromatic carbocycles. The first-order chi connectivity index (χ1) is 13.6. The molecular formula is C20H34IN5O3. The fourth-order valence-corrected chi connectivity index (χ4v) is 2.27. The zero-order valence-corrected chi connectivity index (χ0v) is 19.7. The highest BCUT2D eigenvalue weighted by Crippen LogP contribution is 2.06. The van der Waals surface area contributed by atoms with Crippen LogP contribution in [0, 0.1) is 0 Å². The Kier molecular flexibility index (Phi) is 15.9. The lowest BCUT2D eigenvalue weighted by Crippen LogP contribution is -2.38. The predicted molar refractivity (Wildman–Crippen MR) is 127 cm³/mol. The molecule has 1 rings (SSSR count). The van der Waals surface area contributed by atoms with Gasteiger partial charge in [-0.15, -0.1) is 24.0 Å². The van der Waals surface area contributed by atoms with Crippen LogP contribution in [0.1, 0.15) is 49.0 Å². The van der Waals surface area contributed by atoms with Crippen molar-refractivity contribution in [1.82, 2.24) is 16.0 Å². The van der Waals surface area contributed by atoms with Gasteiger partial charge in [0.05, 0.1) is 13.1 Å². The van der Waals surface area contributed by atoms with Gasteiger partial charge in [-0.3, -0.25) is 9.59 Å². The molecule has 0 aliphatic rings. The summed E-state index contributed by atoms with van der Waals surface area (Å²) in [4.78, 5) is 27.1. The number of nitrogens with zero attached hydrogens (tertiary/aromatic N) is 1. The fraction of sp³-hybridized carbons (Fsp3) is 0.550. The van der Waals surface area contributed by atoms with Gasteiger partial charge in [0.15, 0.2) is 5.96 Å². The third kappa shape index (κ3) is 13.1. The molecule has 0 spiro atoms. The molecule has 8 nitrogen and oxygen atoms in total. The van der Waals surface area contributed by atoms with E-state index in [-0.39, 0.29) is 36.4 Å². The van der Waals surface area contributed by atoms with Gasteiger partial charge in [-0.05, 0) is 37.5 Å². The zero-order chi connectivity index (χ0) is 20.6. The molecular weight excluding hydrogens is 485 g/mol. The van der Waals surface area contributed by atoms with E-state index in [0.29, 0.717) is 12.1 Å². The van der Waals surface area contributed by atoms with Gasteiger partial charge in [-0.25, -0.2) is 4.99 Å². The Morgan fingerprint density at radius 1 is 1.03 bits per heavy atom. The number of rotatable bonds is 13. The van der Waals surface area contributed by atoms with Gasteiger partial charge in [0.25, 0.3) is 5.91 Å². The van der Waals surface area contributed by atoms with Crippen molar-refractivity contribution in [3.63, 3.8) is 0 Å². The van der Waals surface area contributed by atoms with Crippen LogP contribution in [0.3, 0.4) is 0 Å². The predicted octanol–water partition coefficient (Wildman–Crippen LogP) is 1.78. The summed E-state index contributed by atoms with van der Waals surface area (Å²) < 4.78 is 5.55. The van der Waals surface area contributed by atoms with E-state index in [2.05, 4.69) is 27.9 Å². The first-order valence-electron chi connectivity index (χ1n) is 9.82. The van der Waals surface area contributed by atoms with E-state index >= 15 is 0 Å². The van der Waals surface area contributed by atoms with Crippen LogP contribution in [0.15, 0.2) is 29.3 Å². The van der Waals surface area contributed by atoms with Crippen LogP contribution in [0.2, 0.25) is 0 Å². The number of primary amides is 1. The molecule has 0 aliphatic heterocycles. The molecule has 1 aromatic rings. The second kappa shape index (κ2) is 17.0. The van der Waals surface area contributed by atoms with E-state index in [4.69, 9.17) is 10.5 Å². The Bertz CT molecular complexity index is 623. The number of halogens is 1. The molecule has 0 radical (unpaired) electrons. The molecule has 9 heteroatoms. The highest BCUT2D eigenvalue weighted by molar-refractivity contribution is 14.0. The van der Waals surface area contributed by atoms with Crippen molar-refractivity contribution in [2.24, 2.45) is 10.7 Å². The minimum absolute atomic E-state index is 0. The number of amides is 2. The Balaban J connectivity index is 0.00000784. The second-order valence-corrected chi connectivity index (χ2v) is 6.29. The SMILES string of the molecule is CCCCOCCCNC(=NCc1ccc(C(=O)NCC(N)=O)cc1)NCC.I. The Morgan fingerprint density at radius 2 is 1.72 bits per heavy atom. The monoisotopic (exact) mass is 519 g/mol.